The van der Waals surface area contributed by atoms with Gasteiger partial charge in [-0.05, 0) is 50.2 Å². The van der Waals surface area contributed by atoms with Crippen molar-refractivity contribution in [3.8, 4) is 22.6 Å². The standard InChI is InChI=1S/C22H21F3N6O2/c1-13(2)30(22(32)33)10-16-9-26-19-8-7-17(28-31(16)19)21-20(14-3-5-15(23)6-4-14)27-12-29(21)11-18(24)25/h3-9,12-13,18H,10-11H2,1-2H3,(H,32,33). The minimum atomic E-state index is -2.62. The molecule has 0 fully saturated rings. The van der Waals surface area contributed by atoms with E-state index in [2.05, 4.69) is 15.1 Å². The van der Waals surface area contributed by atoms with Gasteiger partial charge in [0.15, 0.2) is 5.65 Å². The number of fused-ring (bicyclic) bond motifs is 1. The Morgan fingerprint density at radius 2 is 1.85 bits per heavy atom. The molecule has 0 atom stereocenters. The summed E-state index contributed by atoms with van der Waals surface area (Å²) in [6.07, 6.45) is -0.875. The summed E-state index contributed by atoms with van der Waals surface area (Å²) in [5.41, 5.74) is 2.59. The number of aromatic nitrogens is 5. The van der Waals surface area contributed by atoms with Gasteiger partial charge in [0.2, 0.25) is 0 Å². The molecule has 0 saturated carbocycles. The van der Waals surface area contributed by atoms with Gasteiger partial charge in [-0.3, -0.25) is 4.90 Å². The van der Waals surface area contributed by atoms with Crippen LogP contribution >= 0.6 is 0 Å². The van der Waals surface area contributed by atoms with E-state index in [0.717, 1.165) is 0 Å². The van der Waals surface area contributed by atoms with Crippen LogP contribution in [-0.4, -0.2) is 52.7 Å². The fraction of sp³-hybridized carbons (Fsp3) is 0.273. The molecule has 4 rings (SSSR count). The number of hydrogen-bond donors (Lipinski definition) is 1. The van der Waals surface area contributed by atoms with E-state index in [0.29, 0.717) is 34.0 Å². The molecule has 0 aliphatic heterocycles. The highest BCUT2D eigenvalue weighted by atomic mass is 19.3. The first-order chi connectivity index (χ1) is 15.7. The molecule has 8 nitrogen and oxygen atoms in total. The van der Waals surface area contributed by atoms with Gasteiger partial charge in [-0.2, -0.15) is 5.10 Å². The monoisotopic (exact) mass is 458 g/mol. The molecular weight excluding hydrogens is 437 g/mol. The Morgan fingerprint density at radius 3 is 2.48 bits per heavy atom. The summed E-state index contributed by atoms with van der Waals surface area (Å²) in [5.74, 6) is -0.428. The number of nitrogens with zero attached hydrogens (tertiary/aromatic N) is 6. The maximum atomic E-state index is 13.4. The molecule has 3 heterocycles. The van der Waals surface area contributed by atoms with Gasteiger partial charge in [-0.25, -0.2) is 32.4 Å². The number of hydrogen-bond acceptors (Lipinski definition) is 4. The van der Waals surface area contributed by atoms with Crippen LogP contribution in [-0.2, 0) is 13.1 Å². The average molecular weight is 458 g/mol. The Morgan fingerprint density at radius 1 is 1.12 bits per heavy atom. The zero-order valence-corrected chi connectivity index (χ0v) is 17.9. The van der Waals surface area contributed by atoms with Crippen LogP contribution in [0.5, 0.6) is 0 Å². The largest absolute Gasteiger partial charge is 0.465 e. The Labute approximate surface area is 186 Å². The number of carbonyl (C=O) groups is 1. The first-order valence-corrected chi connectivity index (χ1v) is 10.2. The molecule has 0 aliphatic carbocycles. The number of imidazole rings is 2. The quantitative estimate of drug-likeness (QED) is 0.439. The molecule has 4 aromatic rings. The van der Waals surface area contributed by atoms with Crippen LogP contribution in [0.2, 0.25) is 0 Å². The highest BCUT2D eigenvalue weighted by Crippen LogP contribution is 2.31. The number of rotatable bonds is 7. The molecule has 11 heteroatoms. The minimum Gasteiger partial charge on any atom is -0.465 e. The minimum absolute atomic E-state index is 0.0474. The molecule has 1 aromatic carbocycles. The predicted molar refractivity (Wildman–Crippen MR) is 114 cm³/mol. The lowest BCUT2D eigenvalue weighted by Gasteiger charge is -2.22. The molecule has 0 unspecified atom stereocenters. The maximum Gasteiger partial charge on any atom is 0.407 e. The number of carboxylic acid groups (broad SMARTS) is 1. The smallest absolute Gasteiger partial charge is 0.407 e. The molecule has 33 heavy (non-hydrogen) atoms. The summed E-state index contributed by atoms with van der Waals surface area (Å²) in [6.45, 7) is 2.97. The molecule has 0 spiro atoms. The Balaban J connectivity index is 1.83. The number of alkyl halides is 2. The summed E-state index contributed by atoms with van der Waals surface area (Å²) < 4.78 is 42.7. The molecule has 1 amide bonds. The molecule has 172 valence electrons. The fourth-order valence-corrected chi connectivity index (χ4v) is 3.56. The number of amides is 1. The maximum absolute atomic E-state index is 13.4. The molecule has 0 radical (unpaired) electrons. The third kappa shape index (κ3) is 4.52. The molecule has 0 saturated heterocycles. The molecule has 0 bridgehead atoms. The summed E-state index contributed by atoms with van der Waals surface area (Å²) in [4.78, 5) is 21.4. The predicted octanol–water partition coefficient (Wildman–Crippen LogP) is 4.55. The summed E-state index contributed by atoms with van der Waals surface area (Å²) >= 11 is 0. The molecular formula is C22H21F3N6O2. The zero-order chi connectivity index (χ0) is 23.7. The van der Waals surface area contributed by atoms with Crippen LogP contribution in [0.25, 0.3) is 28.3 Å². The topological polar surface area (TPSA) is 88.5 Å². The van der Waals surface area contributed by atoms with Gasteiger partial charge in [0.25, 0.3) is 6.43 Å². The molecule has 1 N–H and O–H groups in total. The van der Waals surface area contributed by atoms with Crippen LogP contribution in [0.1, 0.15) is 19.5 Å². The van der Waals surface area contributed by atoms with E-state index in [1.165, 1.54) is 50.8 Å². The van der Waals surface area contributed by atoms with E-state index in [1.54, 1.807) is 26.0 Å². The zero-order valence-electron chi connectivity index (χ0n) is 17.9. The Bertz CT molecular complexity index is 1280. The van der Waals surface area contributed by atoms with Crippen LogP contribution < -0.4 is 0 Å². The van der Waals surface area contributed by atoms with Crippen molar-refractivity contribution in [1.29, 1.82) is 0 Å². The van der Waals surface area contributed by atoms with Crippen LogP contribution in [0.15, 0.2) is 48.9 Å². The number of benzene rings is 1. The fourth-order valence-electron chi connectivity index (χ4n) is 3.56. The SMILES string of the molecule is CC(C)N(Cc1cnc2ccc(-c3c(-c4ccc(F)cc4)ncn3CC(F)F)nn12)C(=O)O. The molecule has 3 aromatic heterocycles. The van der Waals surface area contributed by atoms with Gasteiger partial charge < -0.3 is 9.67 Å². The van der Waals surface area contributed by atoms with Crippen molar-refractivity contribution in [3.05, 3.63) is 60.4 Å². The van der Waals surface area contributed by atoms with E-state index in [-0.39, 0.29) is 12.6 Å². The van der Waals surface area contributed by atoms with Gasteiger partial charge in [0, 0.05) is 11.6 Å². The summed E-state index contributed by atoms with van der Waals surface area (Å²) in [6, 6.07) is 8.60. The van der Waals surface area contributed by atoms with Gasteiger partial charge in [-0.1, -0.05) is 0 Å². The lowest BCUT2D eigenvalue weighted by Crippen LogP contribution is -2.35. The van der Waals surface area contributed by atoms with Crippen molar-refractivity contribution in [2.75, 3.05) is 0 Å². The average Bonchev–Trinajstić information content (AvgIpc) is 3.35. The highest BCUT2D eigenvalue weighted by Gasteiger charge is 2.22. The van der Waals surface area contributed by atoms with Gasteiger partial charge in [0.05, 0.1) is 42.7 Å². The van der Waals surface area contributed by atoms with Gasteiger partial charge in [-0.15, -0.1) is 0 Å². The van der Waals surface area contributed by atoms with Gasteiger partial charge >= 0.3 is 6.09 Å². The molecule has 0 aliphatic rings. The first kappa shape index (κ1) is 22.3. The van der Waals surface area contributed by atoms with Gasteiger partial charge in [0.1, 0.15) is 11.5 Å². The van der Waals surface area contributed by atoms with E-state index in [1.807, 2.05) is 0 Å². The van der Waals surface area contributed by atoms with E-state index < -0.39 is 24.9 Å². The van der Waals surface area contributed by atoms with Crippen LogP contribution in [0.4, 0.5) is 18.0 Å². The Kier molecular flexibility index (Phi) is 6.03. The van der Waals surface area contributed by atoms with E-state index in [4.69, 9.17) is 0 Å². The van der Waals surface area contributed by atoms with Crippen molar-refractivity contribution in [1.82, 2.24) is 29.0 Å². The second-order valence-electron chi connectivity index (χ2n) is 7.73. The lowest BCUT2D eigenvalue weighted by molar-refractivity contribution is 0.126. The third-order valence-electron chi connectivity index (χ3n) is 5.17. The van der Waals surface area contributed by atoms with E-state index in [9.17, 15) is 23.1 Å². The Hall–Kier alpha value is -3.89. The normalized spacial score (nSPS) is 11.6. The third-order valence-corrected chi connectivity index (χ3v) is 5.17. The van der Waals surface area contributed by atoms with Crippen LogP contribution in [0.3, 0.4) is 0 Å². The van der Waals surface area contributed by atoms with Crippen molar-refractivity contribution in [2.24, 2.45) is 0 Å². The van der Waals surface area contributed by atoms with Crippen molar-refractivity contribution in [2.45, 2.75) is 39.4 Å². The highest BCUT2D eigenvalue weighted by molar-refractivity contribution is 5.77. The second-order valence-corrected chi connectivity index (χ2v) is 7.73. The van der Waals surface area contributed by atoms with Crippen molar-refractivity contribution in [3.63, 3.8) is 0 Å². The van der Waals surface area contributed by atoms with Crippen LogP contribution in [0, 0.1) is 5.82 Å². The lowest BCUT2D eigenvalue weighted by atomic mass is 10.1. The number of halogens is 3. The summed E-state index contributed by atoms with van der Waals surface area (Å²) in [5, 5.41) is 14.1. The van der Waals surface area contributed by atoms with Crippen molar-refractivity contribution < 1.29 is 23.1 Å². The van der Waals surface area contributed by atoms with E-state index >= 15 is 0 Å². The first-order valence-electron chi connectivity index (χ1n) is 10.2. The summed E-state index contributed by atoms with van der Waals surface area (Å²) in [7, 11) is 0. The van der Waals surface area contributed by atoms with Crippen molar-refractivity contribution >= 4 is 11.7 Å². The second kappa shape index (κ2) is 8.93.